The molecule has 3 nitrogen and oxygen atoms in total. The van der Waals surface area contributed by atoms with Crippen molar-refractivity contribution in [3.63, 3.8) is 0 Å². The van der Waals surface area contributed by atoms with Crippen molar-refractivity contribution in [3.8, 4) is 0 Å². The summed E-state index contributed by atoms with van der Waals surface area (Å²) in [7, 11) is 0. The molecule has 0 aliphatic heterocycles. The number of benzene rings is 2. The van der Waals surface area contributed by atoms with E-state index in [2.05, 4.69) is 26.5 Å². The molecule has 19 heavy (non-hydrogen) atoms. The first-order valence-corrected chi connectivity index (χ1v) is 6.29. The summed E-state index contributed by atoms with van der Waals surface area (Å²) in [4.78, 5) is 11.7. The molecule has 2 rings (SSSR count). The van der Waals surface area contributed by atoms with Crippen molar-refractivity contribution in [1.82, 2.24) is 5.43 Å². The third kappa shape index (κ3) is 3.72. The Balaban J connectivity index is 2.03. The molecule has 0 radical (unpaired) electrons. The quantitative estimate of drug-likeness (QED) is 0.684. The number of halogens is 2. The Morgan fingerprint density at radius 2 is 2.00 bits per heavy atom. The number of nitrogens with zero attached hydrogens (tertiary/aromatic N) is 1. The minimum Gasteiger partial charge on any atom is -0.267 e. The monoisotopic (exact) mass is 320 g/mol. The van der Waals surface area contributed by atoms with Crippen molar-refractivity contribution >= 4 is 28.1 Å². The van der Waals surface area contributed by atoms with Crippen molar-refractivity contribution < 1.29 is 9.18 Å². The number of carbonyl (C=O) groups is 1. The van der Waals surface area contributed by atoms with Gasteiger partial charge in [0.15, 0.2) is 0 Å². The molecule has 0 atom stereocenters. The second-order valence-electron chi connectivity index (χ2n) is 3.73. The Kier molecular flexibility index (Phi) is 4.41. The van der Waals surface area contributed by atoms with Crippen LogP contribution in [0.1, 0.15) is 15.9 Å². The van der Waals surface area contributed by atoms with Gasteiger partial charge in [0, 0.05) is 15.6 Å². The van der Waals surface area contributed by atoms with Gasteiger partial charge < -0.3 is 0 Å². The molecule has 1 N–H and O–H groups in total. The lowest BCUT2D eigenvalue weighted by Crippen LogP contribution is -2.17. The molecule has 0 heterocycles. The van der Waals surface area contributed by atoms with Crippen molar-refractivity contribution in [3.05, 3.63) is 69.9 Å². The number of rotatable bonds is 3. The summed E-state index contributed by atoms with van der Waals surface area (Å²) < 4.78 is 14.1. The first-order chi connectivity index (χ1) is 9.16. The van der Waals surface area contributed by atoms with Gasteiger partial charge in [-0.25, -0.2) is 9.82 Å². The molecule has 0 aliphatic rings. The first kappa shape index (κ1) is 13.4. The third-order valence-corrected chi connectivity index (χ3v) is 2.86. The maximum Gasteiger partial charge on any atom is 0.271 e. The molecule has 0 bridgehead atoms. The molecule has 96 valence electrons. The number of carbonyl (C=O) groups excluding carboxylic acids is 1. The van der Waals surface area contributed by atoms with E-state index >= 15 is 0 Å². The lowest BCUT2D eigenvalue weighted by molar-refractivity contribution is 0.0955. The van der Waals surface area contributed by atoms with Crippen LogP contribution in [0.15, 0.2) is 58.1 Å². The molecule has 0 spiro atoms. The second kappa shape index (κ2) is 6.24. The van der Waals surface area contributed by atoms with Gasteiger partial charge in [-0.3, -0.25) is 4.79 Å². The number of hydrazone groups is 1. The predicted octanol–water partition coefficient (Wildman–Crippen LogP) is 3.35. The second-order valence-corrected chi connectivity index (χ2v) is 4.65. The van der Waals surface area contributed by atoms with Crippen LogP contribution in [0.25, 0.3) is 0 Å². The van der Waals surface area contributed by atoms with Gasteiger partial charge in [0.05, 0.1) is 6.21 Å². The van der Waals surface area contributed by atoms with Crippen LogP contribution in [-0.4, -0.2) is 12.1 Å². The number of amides is 1. The predicted molar refractivity (Wildman–Crippen MR) is 75.6 cm³/mol. The largest absolute Gasteiger partial charge is 0.271 e. The number of nitrogens with one attached hydrogen (secondary N) is 1. The molecule has 0 aliphatic carbocycles. The van der Waals surface area contributed by atoms with Crippen LogP contribution in [0.5, 0.6) is 0 Å². The van der Waals surface area contributed by atoms with E-state index in [1.807, 2.05) is 6.07 Å². The summed E-state index contributed by atoms with van der Waals surface area (Å²) in [6.07, 6.45) is 1.27. The topological polar surface area (TPSA) is 41.5 Å². The molecule has 2 aromatic carbocycles. The van der Waals surface area contributed by atoms with Gasteiger partial charge in [0.2, 0.25) is 0 Å². The molecule has 5 heteroatoms. The van der Waals surface area contributed by atoms with Gasteiger partial charge in [-0.05, 0) is 24.3 Å². The van der Waals surface area contributed by atoms with Crippen molar-refractivity contribution in [1.29, 1.82) is 0 Å². The smallest absolute Gasteiger partial charge is 0.267 e. The zero-order valence-corrected chi connectivity index (χ0v) is 11.4. The van der Waals surface area contributed by atoms with Gasteiger partial charge in [0.1, 0.15) is 5.82 Å². The molecule has 1 amide bonds. The molecule has 2 aromatic rings. The zero-order valence-electron chi connectivity index (χ0n) is 9.81. The van der Waals surface area contributed by atoms with Crippen LogP contribution in [0, 0.1) is 5.82 Å². The summed E-state index contributed by atoms with van der Waals surface area (Å²) in [6, 6.07) is 13.1. The van der Waals surface area contributed by atoms with E-state index in [0.29, 0.717) is 11.1 Å². The normalized spacial score (nSPS) is 10.6. The average molecular weight is 321 g/mol. The maximum atomic E-state index is 13.3. The van der Waals surface area contributed by atoms with Crippen LogP contribution in [-0.2, 0) is 0 Å². The van der Waals surface area contributed by atoms with Crippen LogP contribution in [0.2, 0.25) is 0 Å². The van der Waals surface area contributed by atoms with E-state index < -0.39 is 0 Å². The minimum atomic E-state index is -0.386. The van der Waals surface area contributed by atoms with E-state index in [1.54, 1.807) is 36.4 Å². The van der Waals surface area contributed by atoms with E-state index in [1.165, 1.54) is 12.3 Å². The van der Waals surface area contributed by atoms with Gasteiger partial charge >= 0.3 is 0 Å². The van der Waals surface area contributed by atoms with Gasteiger partial charge in [-0.2, -0.15) is 5.10 Å². The Labute approximate surface area is 118 Å². The fourth-order valence-corrected chi connectivity index (χ4v) is 1.83. The first-order valence-electron chi connectivity index (χ1n) is 5.50. The Morgan fingerprint density at radius 1 is 1.21 bits per heavy atom. The van der Waals surface area contributed by atoms with Crippen LogP contribution in [0.4, 0.5) is 4.39 Å². The molecule has 0 fully saturated rings. The van der Waals surface area contributed by atoms with Gasteiger partial charge in [-0.15, -0.1) is 0 Å². The summed E-state index contributed by atoms with van der Waals surface area (Å²) in [6.45, 7) is 0. The lowest BCUT2D eigenvalue weighted by Gasteiger charge is -2.00. The fourth-order valence-electron chi connectivity index (χ4n) is 1.43. The number of hydrogen-bond donors (Lipinski definition) is 1. The van der Waals surface area contributed by atoms with Crippen molar-refractivity contribution in [2.45, 2.75) is 0 Å². The number of hydrogen-bond acceptors (Lipinski definition) is 2. The van der Waals surface area contributed by atoms with E-state index in [0.717, 1.165) is 4.47 Å². The van der Waals surface area contributed by atoms with E-state index in [-0.39, 0.29) is 11.7 Å². The Bertz CT molecular complexity index is 628. The van der Waals surface area contributed by atoms with E-state index in [9.17, 15) is 9.18 Å². The molecular formula is C14H10BrFN2O. The minimum absolute atomic E-state index is 0.317. The van der Waals surface area contributed by atoms with Crippen LogP contribution >= 0.6 is 15.9 Å². The van der Waals surface area contributed by atoms with Gasteiger partial charge in [-0.1, -0.05) is 40.2 Å². The van der Waals surface area contributed by atoms with Gasteiger partial charge in [0.25, 0.3) is 5.91 Å². The highest BCUT2D eigenvalue weighted by atomic mass is 79.9. The van der Waals surface area contributed by atoms with E-state index in [4.69, 9.17) is 0 Å². The molecule has 0 saturated carbocycles. The molecule has 0 unspecified atom stereocenters. The Hall–Kier alpha value is -2.01. The summed E-state index contributed by atoms with van der Waals surface area (Å²) >= 11 is 3.28. The zero-order chi connectivity index (χ0) is 13.7. The SMILES string of the molecule is O=C(NN=Cc1ccccc1F)c1cccc(Br)c1. The summed E-state index contributed by atoms with van der Waals surface area (Å²) in [5, 5.41) is 3.73. The molecule has 0 aromatic heterocycles. The standard InChI is InChI=1S/C14H10BrFN2O/c15-12-6-3-5-10(8-12)14(19)18-17-9-11-4-1-2-7-13(11)16/h1-9H,(H,18,19). The highest BCUT2D eigenvalue weighted by Gasteiger charge is 2.04. The molecule has 0 saturated heterocycles. The molecular weight excluding hydrogens is 311 g/mol. The van der Waals surface area contributed by atoms with Crippen molar-refractivity contribution in [2.75, 3.05) is 0 Å². The Morgan fingerprint density at radius 3 is 2.74 bits per heavy atom. The van der Waals surface area contributed by atoms with Crippen LogP contribution < -0.4 is 5.43 Å². The highest BCUT2D eigenvalue weighted by molar-refractivity contribution is 9.10. The van der Waals surface area contributed by atoms with Crippen LogP contribution in [0.3, 0.4) is 0 Å². The maximum absolute atomic E-state index is 13.3. The fraction of sp³-hybridized carbons (Fsp3) is 0. The highest BCUT2D eigenvalue weighted by Crippen LogP contribution is 2.11. The average Bonchev–Trinajstić information content (AvgIpc) is 2.41. The summed E-state index contributed by atoms with van der Waals surface area (Å²) in [5.74, 6) is -0.739. The van der Waals surface area contributed by atoms with Crippen molar-refractivity contribution in [2.24, 2.45) is 5.10 Å². The summed E-state index contributed by atoms with van der Waals surface area (Å²) in [5.41, 5.74) is 3.13. The third-order valence-electron chi connectivity index (χ3n) is 2.36. The lowest BCUT2D eigenvalue weighted by atomic mass is 10.2.